The Morgan fingerprint density at radius 1 is 0.424 bits per heavy atom. The zero-order valence-corrected chi connectivity index (χ0v) is 44.9. The molecule has 0 aromatic rings. The predicted octanol–water partition coefficient (Wildman–Crippen LogP) is 18.5. The number of amides is 1. The summed E-state index contributed by atoms with van der Waals surface area (Å²) in [4.78, 5) is 26.3. The van der Waals surface area contributed by atoms with E-state index in [1.165, 1.54) is 231 Å². The van der Waals surface area contributed by atoms with Gasteiger partial charge in [-0.1, -0.05) is 283 Å². The first-order valence-corrected chi connectivity index (χ1v) is 29.9. The Kier molecular flexibility index (Phi) is 53.4. The van der Waals surface area contributed by atoms with Crippen molar-refractivity contribution in [1.29, 1.82) is 0 Å². The minimum Gasteiger partial charge on any atom is -0.462 e. The first-order valence-electron chi connectivity index (χ1n) is 29.9. The van der Waals surface area contributed by atoms with E-state index in [0.29, 0.717) is 19.3 Å². The lowest BCUT2D eigenvalue weighted by Crippen LogP contribution is -2.46. The summed E-state index contributed by atoms with van der Waals surface area (Å²) in [7, 11) is 0. The fourth-order valence-corrected chi connectivity index (χ4v) is 9.55. The van der Waals surface area contributed by atoms with Crippen LogP contribution in [0.1, 0.15) is 335 Å². The molecule has 0 rings (SSSR count). The summed E-state index contributed by atoms with van der Waals surface area (Å²) in [6.07, 6.45) is 62.8. The van der Waals surface area contributed by atoms with Crippen molar-refractivity contribution in [2.75, 3.05) is 6.61 Å². The summed E-state index contributed by atoms with van der Waals surface area (Å²) in [5.74, 6) is -0.458. The van der Waals surface area contributed by atoms with Gasteiger partial charge in [0.25, 0.3) is 0 Å². The molecule has 3 unspecified atom stereocenters. The van der Waals surface area contributed by atoms with Gasteiger partial charge in [0.1, 0.15) is 6.10 Å². The van der Waals surface area contributed by atoms with Gasteiger partial charge in [-0.15, -0.1) is 0 Å². The van der Waals surface area contributed by atoms with E-state index in [1.807, 2.05) is 0 Å². The number of carbonyl (C=O) groups is 2. The number of carbonyl (C=O) groups excluding carboxylic acids is 2. The lowest BCUT2D eigenvalue weighted by molar-refractivity contribution is -0.151. The molecule has 0 spiro atoms. The molecular formula is C60H117NO5. The van der Waals surface area contributed by atoms with E-state index in [2.05, 4.69) is 38.2 Å². The molecule has 0 radical (unpaired) electrons. The Labute approximate surface area is 412 Å². The Hall–Kier alpha value is -1.40. The van der Waals surface area contributed by atoms with Gasteiger partial charge in [0, 0.05) is 6.42 Å². The molecule has 0 bridgehead atoms. The first kappa shape index (κ1) is 64.6. The minimum atomic E-state index is -0.785. The van der Waals surface area contributed by atoms with Crippen LogP contribution < -0.4 is 5.32 Å². The first-order chi connectivity index (χ1) is 32.5. The molecule has 0 heterocycles. The van der Waals surface area contributed by atoms with Gasteiger partial charge in [-0.05, 0) is 51.4 Å². The maximum atomic E-state index is 13.3. The number of allylic oxidation sites excluding steroid dienone is 2. The molecule has 0 saturated carbocycles. The molecule has 0 aromatic heterocycles. The molecule has 0 aliphatic carbocycles. The van der Waals surface area contributed by atoms with Gasteiger partial charge in [-0.25, -0.2) is 0 Å². The van der Waals surface area contributed by atoms with E-state index < -0.39 is 18.2 Å². The number of nitrogens with one attached hydrogen (secondary N) is 1. The Balaban J connectivity index is 4.45. The summed E-state index contributed by atoms with van der Waals surface area (Å²) in [6.45, 7) is 6.52. The van der Waals surface area contributed by atoms with E-state index in [9.17, 15) is 19.8 Å². The number of aliphatic hydroxyl groups is 2. The molecule has 0 aliphatic rings. The zero-order valence-electron chi connectivity index (χ0n) is 44.9. The highest BCUT2D eigenvalue weighted by atomic mass is 16.5. The molecule has 6 heteroatoms. The molecule has 66 heavy (non-hydrogen) atoms. The van der Waals surface area contributed by atoms with E-state index in [0.717, 1.165) is 57.8 Å². The van der Waals surface area contributed by atoms with Crippen LogP contribution in [0.5, 0.6) is 0 Å². The van der Waals surface area contributed by atoms with Crippen molar-refractivity contribution < 1.29 is 24.5 Å². The Morgan fingerprint density at radius 2 is 0.727 bits per heavy atom. The standard InChI is InChI=1S/C60H117NO5/c1-4-7-10-13-16-19-22-25-27-29-30-32-35-38-41-44-47-50-53-60(65)66-56(51-48-45-42-39-36-33-24-21-18-15-12-9-6-3)54-59(64)61-57(55-62)58(63)52-49-46-43-40-37-34-31-28-26-23-20-17-14-11-8-5-2/h21,24,56-58,62-63H,4-20,22-23,25-55H2,1-3H3,(H,61,64)/b24-21-. The molecule has 1 amide bonds. The highest BCUT2D eigenvalue weighted by Gasteiger charge is 2.24. The van der Waals surface area contributed by atoms with Crippen LogP contribution in [0.4, 0.5) is 0 Å². The summed E-state index contributed by atoms with van der Waals surface area (Å²) in [5.41, 5.74) is 0. The summed E-state index contributed by atoms with van der Waals surface area (Å²) in [6, 6.07) is -0.699. The van der Waals surface area contributed by atoms with Gasteiger partial charge >= 0.3 is 5.97 Å². The van der Waals surface area contributed by atoms with Crippen LogP contribution in [0, 0.1) is 0 Å². The topological polar surface area (TPSA) is 95.9 Å². The number of unbranched alkanes of at least 4 members (excludes halogenated alkanes) is 41. The van der Waals surface area contributed by atoms with Crippen LogP contribution in [0.2, 0.25) is 0 Å². The van der Waals surface area contributed by atoms with Crippen LogP contribution in [0.3, 0.4) is 0 Å². The fourth-order valence-electron chi connectivity index (χ4n) is 9.55. The van der Waals surface area contributed by atoms with E-state index in [-0.39, 0.29) is 24.9 Å². The maximum absolute atomic E-state index is 13.3. The highest BCUT2D eigenvalue weighted by Crippen LogP contribution is 2.19. The number of esters is 1. The lowest BCUT2D eigenvalue weighted by Gasteiger charge is -2.24. The molecule has 0 aliphatic heterocycles. The second-order valence-electron chi connectivity index (χ2n) is 20.8. The third-order valence-electron chi connectivity index (χ3n) is 14.1. The molecule has 3 N–H and O–H groups in total. The predicted molar refractivity (Wildman–Crippen MR) is 287 cm³/mol. The highest BCUT2D eigenvalue weighted by molar-refractivity contribution is 5.77. The summed E-state index contributed by atoms with van der Waals surface area (Å²) in [5, 5.41) is 23.9. The number of rotatable bonds is 55. The van der Waals surface area contributed by atoms with Crippen LogP contribution in [0.15, 0.2) is 12.2 Å². The van der Waals surface area contributed by atoms with Crippen molar-refractivity contribution in [3.05, 3.63) is 12.2 Å². The Morgan fingerprint density at radius 3 is 1.09 bits per heavy atom. The van der Waals surface area contributed by atoms with Crippen LogP contribution >= 0.6 is 0 Å². The molecule has 0 fully saturated rings. The van der Waals surface area contributed by atoms with Crippen molar-refractivity contribution in [3.8, 4) is 0 Å². The van der Waals surface area contributed by atoms with Gasteiger partial charge in [-0.2, -0.15) is 0 Å². The van der Waals surface area contributed by atoms with Gasteiger partial charge in [0.2, 0.25) is 5.91 Å². The van der Waals surface area contributed by atoms with Crippen molar-refractivity contribution in [2.24, 2.45) is 0 Å². The van der Waals surface area contributed by atoms with Crippen LogP contribution in [0.25, 0.3) is 0 Å². The maximum Gasteiger partial charge on any atom is 0.306 e. The molecule has 6 nitrogen and oxygen atoms in total. The number of hydrogen-bond acceptors (Lipinski definition) is 5. The van der Waals surface area contributed by atoms with E-state index in [4.69, 9.17) is 4.74 Å². The average molecular weight is 933 g/mol. The lowest BCUT2D eigenvalue weighted by atomic mass is 10.0. The molecular weight excluding hydrogens is 815 g/mol. The van der Waals surface area contributed by atoms with Gasteiger partial charge in [0.05, 0.1) is 25.2 Å². The van der Waals surface area contributed by atoms with Crippen molar-refractivity contribution in [1.82, 2.24) is 5.32 Å². The number of aliphatic hydroxyl groups excluding tert-OH is 2. The normalized spacial score (nSPS) is 13.1. The van der Waals surface area contributed by atoms with Gasteiger partial charge < -0.3 is 20.3 Å². The minimum absolute atomic E-state index is 0.0795. The van der Waals surface area contributed by atoms with Crippen molar-refractivity contribution in [3.63, 3.8) is 0 Å². The van der Waals surface area contributed by atoms with E-state index in [1.54, 1.807) is 0 Å². The quantitative estimate of drug-likeness (QED) is 0.0321. The van der Waals surface area contributed by atoms with Crippen LogP contribution in [-0.4, -0.2) is 46.9 Å². The van der Waals surface area contributed by atoms with Crippen molar-refractivity contribution >= 4 is 11.9 Å². The third-order valence-corrected chi connectivity index (χ3v) is 14.1. The van der Waals surface area contributed by atoms with Crippen LogP contribution in [-0.2, 0) is 14.3 Å². The second-order valence-corrected chi connectivity index (χ2v) is 20.8. The zero-order chi connectivity index (χ0) is 48.1. The SMILES string of the molecule is CCCCCC/C=C\CCCCCCCC(CC(=O)NC(CO)C(O)CCCCCCCCCCCCCCCCCC)OC(=O)CCCCCCCCCCCCCCCCCCCC. The average Bonchev–Trinajstić information content (AvgIpc) is 3.31. The molecule has 392 valence electrons. The third kappa shape index (κ3) is 49.0. The van der Waals surface area contributed by atoms with Gasteiger partial charge in [0.15, 0.2) is 0 Å². The summed E-state index contributed by atoms with van der Waals surface area (Å²) < 4.78 is 5.97. The molecule has 0 aromatic carbocycles. The number of hydrogen-bond donors (Lipinski definition) is 3. The fraction of sp³-hybridized carbons (Fsp3) is 0.933. The largest absolute Gasteiger partial charge is 0.462 e. The Bertz CT molecular complexity index is 1000. The van der Waals surface area contributed by atoms with Gasteiger partial charge in [-0.3, -0.25) is 9.59 Å². The second kappa shape index (κ2) is 54.5. The van der Waals surface area contributed by atoms with Crippen molar-refractivity contribution in [2.45, 2.75) is 354 Å². The monoisotopic (exact) mass is 932 g/mol. The summed E-state index contributed by atoms with van der Waals surface area (Å²) >= 11 is 0. The van der Waals surface area contributed by atoms with E-state index >= 15 is 0 Å². The molecule has 0 saturated heterocycles. The number of ether oxygens (including phenoxy) is 1. The smallest absolute Gasteiger partial charge is 0.306 e. The molecule has 3 atom stereocenters.